The lowest BCUT2D eigenvalue weighted by atomic mass is 9.97. The molecule has 22 heavy (non-hydrogen) atoms. The van der Waals surface area contributed by atoms with Crippen molar-refractivity contribution in [2.75, 3.05) is 5.75 Å². The van der Waals surface area contributed by atoms with Gasteiger partial charge in [0.2, 0.25) is 0 Å². The van der Waals surface area contributed by atoms with E-state index in [1.54, 1.807) is 6.21 Å². The van der Waals surface area contributed by atoms with Gasteiger partial charge in [-0.2, -0.15) is 10.1 Å². The predicted molar refractivity (Wildman–Crippen MR) is 94.9 cm³/mol. The average Bonchev–Trinajstić information content (AvgIpc) is 2.85. The Morgan fingerprint density at radius 1 is 1.32 bits per heavy atom. The Labute approximate surface area is 136 Å². The van der Waals surface area contributed by atoms with E-state index in [1.807, 2.05) is 32.0 Å². The van der Waals surface area contributed by atoms with Crippen LogP contribution in [0.1, 0.15) is 45.6 Å². The largest absolute Gasteiger partial charge is 0.271 e. The van der Waals surface area contributed by atoms with Crippen molar-refractivity contribution in [3.8, 4) is 0 Å². The van der Waals surface area contributed by atoms with Crippen LogP contribution in [0.3, 0.4) is 0 Å². The van der Waals surface area contributed by atoms with Gasteiger partial charge in [0.05, 0.1) is 11.4 Å². The quantitative estimate of drug-likeness (QED) is 0.755. The van der Waals surface area contributed by atoms with Gasteiger partial charge < -0.3 is 0 Å². The van der Waals surface area contributed by atoms with Gasteiger partial charge in [0.15, 0.2) is 5.17 Å². The van der Waals surface area contributed by atoms with Crippen LogP contribution in [0, 0.1) is 5.92 Å². The summed E-state index contributed by atoms with van der Waals surface area (Å²) in [7, 11) is 0. The van der Waals surface area contributed by atoms with Gasteiger partial charge in [-0.3, -0.25) is 4.79 Å². The summed E-state index contributed by atoms with van der Waals surface area (Å²) in [6, 6.07) is 8.13. The Morgan fingerprint density at radius 3 is 2.73 bits per heavy atom. The lowest BCUT2D eigenvalue weighted by Crippen LogP contribution is -2.24. The number of para-hydroxylation sites is 1. The Bertz CT molecular complexity index is 595. The Kier molecular flexibility index (Phi) is 5.77. The normalized spacial score (nSPS) is 18.9. The summed E-state index contributed by atoms with van der Waals surface area (Å²) in [6.45, 7) is 8.43. The maximum Gasteiger partial charge on any atom is 0.259 e. The highest BCUT2D eigenvalue weighted by atomic mass is 32.2. The second-order valence-electron chi connectivity index (χ2n) is 5.77. The second-order valence-corrected chi connectivity index (χ2v) is 6.71. The molecule has 1 saturated heterocycles. The fraction of sp³-hybridized carbons (Fsp3) is 0.471. The van der Waals surface area contributed by atoms with Crippen LogP contribution in [0.4, 0.5) is 5.69 Å². The summed E-state index contributed by atoms with van der Waals surface area (Å²) in [5, 5.41) is 6.38. The molecule has 1 unspecified atom stereocenters. The van der Waals surface area contributed by atoms with Crippen molar-refractivity contribution in [1.82, 2.24) is 5.01 Å². The summed E-state index contributed by atoms with van der Waals surface area (Å²) in [6.07, 6.45) is 2.84. The highest BCUT2D eigenvalue weighted by Crippen LogP contribution is 2.31. The molecule has 1 aromatic rings. The lowest BCUT2D eigenvalue weighted by molar-refractivity contribution is -0.124. The molecular formula is C17H23N3OS. The van der Waals surface area contributed by atoms with Gasteiger partial charge in [-0.05, 0) is 29.9 Å². The molecule has 1 fully saturated rings. The molecule has 1 aliphatic rings. The smallest absolute Gasteiger partial charge is 0.259 e. The van der Waals surface area contributed by atoms with Crippen molar-refractivity contribution in [3.63, 3.8) is 0 Å². The molecular weight excluding hydrogens is 294 g/mol. The first-order valence-corrected chi connectivity index (χ1v) is 8.69. The molecule has 0 saturated carbocycles. The fourth-order valence-electron chi connectivity index (χ4n) is 2.08. The summed E-state index contributed by atoms with van der Waals surface area (Å²) in [5.41, 5.74) is 2.14. The molecule has 0 aromatic heterocycles. The summed E-state index contributed by atoms with van der Waals surface area (Å²) in [5.74, 6) is 1.13. The summed E-state index contributed by atoms with van der Waals surface area (Å²) >= 11 is 1.45. The van der Waals surface area contributed by atoms with E-state index >= 15 is 0 Å². The van der Waals surface area contributed by atoms with Crippen LogP contribution in [0.5, 0.6) is 0 Å². The number of thioether (sulfide) groups is 1. The summed E-state index contributed by atoms with van der Waals surface area (Å²) < 4.78 is 0. The van der Waals surface area contributed by atoms with Crippen LogP contribution in [0.15, 0.2) is 34.4 Å². The maximum atomic E-state index is 12.0. The molecule has 1 heterocycles. The molecule has 118 valence electrons. The molecule has 0 radical (unpaired) electrons. The fourth-order valence-corrected chi connectivity index (χ4v) is 2.89. The van der Waals surface area contributed by atoms with Crippen molar-refractivity contribution in [1.29, 1.82) is 0 Å². The lowest BCUT2D eigenvalue weighted by Gasteiger charge is -2.14. The average molecular weight is 317 g/mol. The number of amidine groups is 1. The molecule has 1 aliphatic heterocycles. The number of nitrogens with zero attached hydrogens (tertiary/aromatic N) is 3. The van der Waals surface area contributed by atoms with Crippen molar-refractivity contribution >= 4 is 34.7 Å². The van der Waals surface area contributed by atoms with Crippen molar-refractivity contribution in [3.05, 3.63) is 29.8 Å². The van der Waals surface area contributed by atoms with Gasteiger partial charge in [-0.1, -0.05) is 57.7 Å². The number of hydrogen-bond acceptors (Lipinski definition) is 4. The van der Waals surface area contributed by atoms with Gasteiger partial charge in [0.1, 0.15) is 0 Å². The van der Waals surface area contributed by atoms with Crippen molar-refractivity contribution < 1.29 is 4.79 Å². The first-order valence-electron chi connectivity index (χ1n) is 7.70. The van der Waals surface area contributed by atoms with Crippen LogP contribution >= 0.6 is 11.8 Å². The van der Waals surface area contributed by atoms with Gasteiger partial charge in [0, 0.05) is 6.21 Å². The van der Waals surface area contributed by atoms with Crippen LogP contribution in [0.2, 0.25) is 0 Å². The topological polar surface area (TPSA) is 45.0 Å². The van der Waals surface area contributed by atoms with Crippen LogP contribution < -0.4 is 0 Å². The van der Waals surface area contributed by atoms with E-state index in [0.717, 1.165) is 12.1 Å². The van der Waals surface area contributed by atoms with Crippen molar-refractivity contribution in [2.24, 2.45) is 16.0 Å². The third-order valence-electron chi connectivity index (χ3n) is 3.52. The molecule has 4 nitrogen and oxygen atoms in total. The van der Waals surface area contributed by atoms with Crippen molar-refractivity contribution in [2.45, 2.75) is 40.0 Å². The van der Waals surface area contributed by atoms with Crippen LogP contribution in [-0.4, -0.2) is 28.1 Å². The van der Waals surface area contributed by atoms with Crippen LogP contribution in [0.25, 0.3) is 0 Å². The predicted octanol–water partition coefficient (Wildman–Crippen LogP) is 4.40. The molecule has 0 bridgehead atoms. The summed E-state index contributed by atoms with van der Waals surface area (Å²) in [4.78, 5) is 16.7. The van der Waals surface area contributed by atoms with E-state index in [1.165, 1.54) is 22.3 Å². The minimum Gasteiger partial charge on any atom is -0.271 e. The van der Waals surface area contributed by atoms with E-state index in [4.69, 9.17) is 4.99 Å². The molecule has 0 aliphatic carbocycles. The second kappa shape index (κ2) is 7.58. The molecule has 1 amide bonds. The highest BCUT2D eigenvalue weighted by Gasteiger charge is 2.28. The number of benzene rings is 1. The number of carbonyl (C=O) groups excluding carboxylic acids is 1. The maximum absolute atomic E-state index is 12.0. The van der Waals surface area contributed by atoms with E-state index < -0.39 is 0 Å². The zero-order chi connectivity index (χ0) is 16.1. The number of aliphatic imine (C=N–C) groups is 1. The minimum atomic E-state index is -0.0123. The van der Waals surface area contributed by atoms with Gasteiger partial charge >= 0.3 is 0 Å². The van der Waals surface area contributed by atoms with Crippen LogP contribution in [-0.2, 0) is 4.79 Å². The zero-order valence-electron chi connectivity index (χ0n) is 13.6. The first-order chi connectivity index (χ1) is 10.5. The van der Waals surface area contributed by atoms with Gasteiger partial charge in [0.25, 0.3) is 5.91 Å². The number of hydrogen-bond donors (Lipinski definition) is 0. The Balaban J connectivity index is 2.34. The van der Waals surface area contributed by atoms with E-state index in [9.17, 15) is 4.79 Å². The first kappa shape index (κ1) is 16.7. The number of carbonyl (C=O) groups is 1. The molecule has 2 rings (SSSR count). The molecule has 1 atom stereocenters. The van der Waals surface area contributed by atoms with Gasteiger partial charge in [-0.15, -0.1) is 0 Å². The SMILES string of the molecule is CCC(C)c1ccccc1N=C1SCC(=O)N1/N=C/C(C)C. The van der Waals surface area contributed by atoms with E-state index in [0.29, 0.717) is 22.8 Å². The minimum absolute atomic E-state index is 0.0123. The third kappa shape index (κ3) is 3.97. The standard InChI is InChI=1S/C17H23N3OS/c1-5-13(4)14-8-6-7-9-15(14)19-17-20(16(21)11-22-17)18-10-12(2)3/h6-10,12-13H,5,11H2,1-4H3/b18-10+,19-17?. The highest BCUT2D eigenvalue weighted by molar-refractivity contribution is 8.15. The molecule has 0 spiro atoms. The Morgan fingerprint density at radius 2 is 2.05 bits per heavy atom. The number of amides is 1. The monoisotopic (exact) mass is 317 g/mol. The Hall–Kier alpha value is -1.62. The van der Waals surface area contributed by atoms with E-state index in [-0.39, 0.29) is 5.91 Å². The molecule has 5 heteroatoms. The number of hydrazone groups is 1. The van der Waals surface area contributed by atoms with E-state index in [2.05, 4.69) is 25.0 Å². The molecule has 1 aromatic carbocycles. The van der Waals surface area contributed by atoms with Gasteiger partial charge in [-0.25, -0.2) is 4.99 Å². The third-order valence-corrected chi connectivity index (χ3v) is 4.43. The zero-order valence-corrected chi connectivity index (χ0v) is 14.4. The number of rotatable bonds is 5. The molecule has 0 N–H and O–H groups in total.